The molecule has 2 amide bonds. The first-order chi connectivity index (χ1) is 8.79. The van der Waals surface area contributed by atoms with Crippen LogP contribution in [0.2, 0.25) is 0 Å². The van der Waals surface area contributed by atoms with Gasteiger partial charge in [-0.2, -0.15) is 0 Å². The van der Waals surface area contributed by atoms with E-state index in [1.807, 2.05) is 6.07 Å². The lowest BCUT2D eigenvalue weighted by Gasteiger charge is -2.26. The van der Waals surface area contributed by atoms with Gasteiger partial charge in [-0.25, -0.2) is 9.78 Å². The Balaban J connectivity index is 1.84. The predicted octanol–water partition coefficient (Wildman–Crippen LogP) is 0.632. The zero-order chi connectivity index (χ0) is 12.8. The molecule has 1 N–H and O–H groups in total. The van der Waals surface area contributed by atoms with E-state index in [2.05, 4.69) is 10.3 Å². The molecule has 1 fully saturated rings. The third-order valence-corrected chi connectivity index (χ3v) is 2.75. The highest BCUT2D eigenvalue weighted by Gasteiger charge is 2.15. The average molecular weight is 251 g/mol. The van der Waals surface area contributed by atoms with Crippen molar-refractivity contribution in [2.24, 2.45) is 0 Å². The summed E-state index contributed by atoms with van der Waals surface area (Å²) in [5.41, 5.74) is 0.962. The van der Waals surface area contributed by atoms with Gasteiger partial charge in [-0.05, 0) is 11.6 Å². The molecule has 0 atom stereocenters. The Morgan fingerprint density at radius 2 is 2.33 bits per heavy atom. The number of hydrogen-bond donors (Lipinski definition) is 1. The number of carbonyl (C=O) groups is 1. The van der Waals surface area contributed by atoms with E-state index in [0.717, 1.165) is 5.56 Å². The third kappa shape index (κ3) is 3.33. The summed E-state index contributed by atoms with van der Waals surface area (Å²) in [4.78, 5) is 17.6. The maximum absolute atomic E-state index is 11.8. The highest BCUT2D eigenvalue weighted by molar-refractivity contribution is 5.74. The molecular formula is C12H17N3O3. The fourth-order valence-corrected chi connectivity index (χ4v) is 1.73. The summed E-state index contributed by atoms with van der Waals surface area (Å²) in [5.74, 6) is 0.549. The second kappa shape index (κ2) is 6.20. The molecule has 1 aliphatic rings. The highest BCUT2D eigenvalue weighted by Crippen LogP contribution is 2.08. The van der Waals surface area contributed by atoms with Crippen LogP contribution in [0.1, 0.15) is 5.56 Å². The van der Waals surface area contributed by atoms with Crippen molar-refractivity contribution >= 4 is 6.03 Å². The summed E-state index contributed by atoms with van der Waals surface area (Å²) in [6, 6.07) is 3.59. The molecule has 0 unspecified atom stereocenters. The van der Waals surface area contributed by atoms with Gasteiger partial charge in [0.25, 0.3) is 0 Å². The van der Waals surface area contributed by atoms with Gasteiger partial charge in [0.2, 0.25) is 5.88 Å². The topological polar surface area (TPSA) is 63.7 Å². The van der Waals surface area contributed by atoms with Crippen LogP contribution in [0.3, 0.4) is 0 Å². The monoisotopic (exact) mass is 251 g/mol. The number of methoxy groups -OCH3 is 1. The Morgan fingerprint density at radius 1 is 1.56 bits per heavy atom. The molecule has 1 aliphatic heterocycles. The van der Waals surface area contributed by atoms with Crippen LogP contribution in [0.4, 0.5) is 4.79 Å². The molecule has 0 saturated carbocycles. The predicted molar refractivity (Wildman–Crippen MR) is 65.4 cm³/mol. The minimum absolute atomic E-state index is 0.0610. The lowest BCUT2D eigenvalue weighted by atomic mass is 10.2. The fraction of sp³-hybridized carbons (Fsp3) is 0.500. The zero-order valence-corrected chi connectivity index (χ0v) is 10.4. The molecule has 0 aliphatic carbocycles. The van der Waals surface area contributed by atoms with Gasteiger partial charge in [0.1, 0.15) is 0 Å². The number of aromatic nitrogens is 1. The number of morpholine rings is 1. The van der Waals surface area contributed by atoms with E-state index in [-0.39, 0.29) is 6.03 Å². The van der Waals surface area contributed by atoms with Crippen molar-refractivity contribution in [1.29, 1.82) is 0 Å². The van der Waals surface area contributed by atoms with Gasteiger partial charge in [-0.3, -0.25) is 0 Å². The zero-order valence-electron chi connectivity index (χ0n) is 10.4. The fourth-order valence-electron chi connectivity index (χ4n) is 1.73. The molecule has 6 nitrogen and oxygen atoms in total. The molecule has 18 heavy (non-hydrogen) atoms. The van der Waals surface area contributed by atoms with Crippen molar-refractivity contribution in [3.8, 4) is 5.88 Å². The van der Waals surface area contributed by atoms with E-state index in [9.17, 15) is 4.79 Å². The molecule has 0 bridgehead atoms. The van der Waals surface area contributed by atoms with E-state index in [1.54, 1.807) is 24.3 Å². The number of nitrogens with one attached hydrogen (secondary N) is 1. The Kier molecular flexibility index (Phi) is 4.35. The second-order valence-corrected chi connectivity index (χ2v) is 3.96. The van der Waals surface area contributed by atoms with Gasteiger partial charge in [0, 0.05) is 31.9 Å². The van der Waals surface area contributed by atoms with Crippen LogP contribution >= 0.6 is 0 Å². The molecule has 0 radical (unpaired) electrons. The van der Waals surface area contributed by atoms with Gasteiger partial charge in [0.15, 0.2) is 0 Å². The smallest absolute Gasteiger partial charge is 0.317 e. The summed E-state index contributed by atoms with van der Waals surface area (Å²) in [7, 11) is 1.57. The molecule has 6 heteroatoms. The quantitative estimate of drug-likeness (QED) is 0.856. The largest absolute Gasteiger partial charge is 0.481 e. The summed E-state index contributed by atoms with van der Waals surface area (Å²) < 4.78 is 10.2. The van der Waals surface area contributed by atoms with Crippen LogP contribution in [-0.2, 0) is 11.3 Å². The number of amides is 2. The number of nitrogens with zero attached hydrogens (tertiary/aromatic N) is 2. The first kappa shape index (κ1) is 12.6. The molecule has 0 spiro atoms. The van der Waals surface area contributed by atoms with Crippen LogP contribution in [0.25, 0.3) is 0 Å². The van der Waals surface area contributed by atoms with Crippen LogP contribution < -0.4 is 10.1 Å². The van der Waals surface area contributed by atoms with Gasteiger partial charge in [-0.15, -0.1) is 0 Å². The maximum atomic E-state index is 11.8. The number of hydrogen-bond acceptors (Lipinski definition) is 4. The van der Waals surface area contributed by atoms with Gasteiger partial charge in [-0.1, -0.05) is 0 Å². The van der Waals surface area contributed by atoms with Gasteiger partial charge < -0.3 is 19.7 Å². The second-order valence-electron chi connectivity index (χ2n) is 3.96. The Hall–Kier alpha value is -1.82. The van der Waals surface area contributed by atoms with Crippen molar-refractivity contribution < 1.29 is 14.3 Å². The number of carbonyl (C=O) groups excluding carboxylic acids is 1. The van der Waals surface area contributed by atoms with Crippen LogP contribution in [0.5, 0.6) is 5.88 Å². The molecule has 2 heterocycles. The number of rotatable bonds is 3. The van der Waals surface area contributed by atoms with E-state index in [0.29, 0.717) is 38.7 Å². The standard InChI is InChI=1S/C12H17N3O3/c1-17-11-8-10(2-3-13-11)9-14-12(16)15-4-6-18-7-5-15/h2-3,8H,4-7,9H2,1H3,(H,14,16). The van der Waals surface area contributed by atoms with Crippen molar-refractivity contribution in [3.05, 3.63) is 23.9 Å². The SMILES string of the molecule is COc1cc(CNC(=O)N2CCOCC2)ccn1. The third-order valence-electron chi connectivity index (χ3n) is 2.75. The minimum Gasteiger partial charge on any atom is -0.481 e. The molecule has 98 valence electrons. The summed E-state index contributed by atoms with van der Waals surface area (Å²) in [6.07, 6.45) is 1.66. The van der Waals surface area contributed by atoms with Gasteiger partial charge >= 0.3 is 6.03 Å². The Morgan fingerprint density at radius 3 is 3.06 bits per heavy atom. The number of pyridine rings is 1. The first-order valence-electron chi connectivity index (χ1n) is 5.89. The molecular weight excluding hydrogens is 234 g/mol. The summed E-state index contributed by atoms with van der Waals surface area (Å²) >= 11 is 0. The normalized spacial score (nSPS) is 15.3. The van der Waals surface area contributed by atoms with E-state index in [1.165, 1.54) is 0 Å². The summed E-state index contributed by atoms with van der Waals surface area (Å²) in [6.45, 7) is 2.97. The van der Waals surface area contributed by atoms with Crippen LogP contribution in [0.15, 0.2) is 18.3 Å². The molecule has 0 aromatic carbocycles. The maximum Gasteiger partial charge on any atom is 0.317 e. The average Bonchev–Trinajstić information content (AvgIpc) is 2.46. The molecule has 1 aromatic rings. The Labute approximate surface area is 106 Å². The number of ether oxygens (including phenoxy) is 2. The molecule has 1 saturated heterocycles. The van der Waals surface area contributed by atoms with E-state index < -0.39 is 0 Å². The van der Waals surface area contributed by atoms with E-state index >= 15 is 0 Å². The first-order valence-corrected chi connectivity index (χ1v) is 5.89. The van der Waals surface area contributed by atoms with E-state index in [4.69, 9.17) is 9.47 Å². The summed E-state index contributed by atoms with van der Waals surface area (Å²) in [5, 5.41) is 2.87. The Bertz CT molecular complexity index is 405. The lowest BCUT2D eigenvalue weighted by molar-refractivity contribution is 0.0531. The lowest BCUT2D eigenvalue weighted by Crippen LogP contribution is -2.45. The van der Waals surface area contributed by atoms with Crippen LogP contribution in [-0.4, -0.2) is 49.3 Å². The highest BCUT2D eigenvalue weighted by atomic mass is 16.5. The van der Waals surface area contributed by atoms with Crippen LogP contribution in [0, 0.1) is 0 Å². The molecule has 2 rings (SSSR count). The molecule has 1 aromatic heterocycles. The van der Waals surface area contributed by atoms with Crippen molar-refractivity contribution in [2.75, 3.05) is 33.4 Å². The van der Waals surface area contributed by atoms with Crippen molar-refractivity contribution in [2.45, 2.75) is 6.54 Å². The van der Waals surface area contributed by atoms with Crippen molar-refractivity contribution in [3.63, 3.8) is 0 Å². The minimum atomic E-state index is -0.0610. The van der Waals surface area contributed by atoms with Gasteiger partial charge in [0.05, 0.1) is 20.3 Å². The number of urea groups is 1. The van der Waals surface area contributed by atoms with Crippen molar-refractivity contribution in [1.82, 2.24) is 15.2 Å².